The summed E-state index contributed by atoms with van der Waals surface area (Å²) < 4.78 is 30.8. The molecule has 6 nitrogen and oxygen atoms in total. The lowest BCUT2D eigenvalue weighted by atomic mass is 9.88. The van der Waals surface area contributed by atoms with Crippen molar-refractivity contribution in [1.82, 2.24) is 9.21 Å². The highest BCUT2D eigenvalue weighted by atomic mass is 35.5. The molecule has 2 aliphatic rings. The number of sulfonamides is 1. The van der Waals surface area contributed by atoms with E-state index in [0.717, 1.165) is 19.3 Å². The first-order chi connectivity index (χ1) is 11.8. The molecule has 3 atom stereocenters. The first-order valence-corrected chi connectivity index (χ1v) is 10.9. The van der Waals surface area contributed by atoms with Gasteiger partial charge in [0.2, 0.25) is 10.0 Å². The van der Waals surface area contributed by atoms with Crippen LogP contribution in [-0.2, 0) is 10.0 Å². The Morgan fingerprint density at radius 3 is 2.36 bits per heavy atom. The van der Waals surface area contributed by atoms with Crippen LogP contribution in [0.3, 0.4) is 0 Å². The molecule has 1 aromatic rings. The largest absolute Gasteiger partial charge is 0.488 e. The number of piperazine rings is 1. The van der Waals surface area contributed by atoms with Crippen LogP contribution in [-0.4, -0.2) is 73.4 Å². The van der Waals surface area contributed by atoms with E-state index in [1.165, 1.54) is 10.6 Å². The molecule has 1 heterocycles. The van der Waals surface area contributed by atoms with Crippen LogP contribution in [0.5, 0.6) is 5.75 Å². The van der Waals surface area contributed by atoms with Crippen molar-refractivity contribution in [1.29, 1.82) is 0 Å². The van der Waals surface area contributed by atoms with Gasteiger partial charge in [0.15, 0.2) is 0 Å². The number of hydrogen-bond donors (Lipinski definition) is 1. The molecule has 25 heavy (non-hydrogen) atoms. The van der Waals surface area contributed by atoms with Crippen LogP contribution in [0.4, 0.5) is 0 Å². The molecule has 0 radical (unpaired) electrons. The molecule has 1 aromatic carbocycles. The van der Waals surface area contributed by atoms with Crippen LogP contribution in [0.15, 0.2) is 24.3 Å². The zero-order chi connectivity index (χ0) is 18.0. The highest BCUT2D eigenvalue weighted by Crippen LogP contribution is 2.28. The van der Waals surface area contributed by atoms with Crippen LogP contribution in [0.1, 0.15) is 19.3 Å². The molecule has 0 aromatic heterocycles. The van der Waals surface area contributed by atoms with E-state index in [0.29, 0.717) is 37.0 Å². The Morgan fingerprint density at radius 1 is 1.12 bits per heavy atom. The molecule has 1 aliphatic heterocycles. The lowest BCUT2D eigenvalue weighted by Gasteiger charge is -2.44. The number of rotatable bonds is 4. The molecule has 140 valence electrons. The van der Waals surface area contributed by atoms with E-state index < -0.39 is 16.1 Å². The SMILES string of the molecule is CS(=O)(=O)N1CCN([C@H]2CCC[C@@H](Oc3ccc(Cl)cc3)[C@@H]2O)CC1. The van der Waals surface area contributed by atoms with Crippen molar-refractivity contribution in [3.05, 3.63) is 29.3 Å². The monoisotopic (exact) mass is 388 g/mol. The van der Waals surface area contributed by atoms with Crippen molar-refractivity contribution in [3.8, 4) is 5.75 Å². The smallest absolute Gasteiger partial charge is 0.211 e. The molecule has 1 saturated carbocycles. The van der Waals surface area contributed by atoms with Gasteiger partial charge in [0.05, 0.1) is 6.26 Å². The van der Waals surface area contributed by atoms with Gasteiger partial charge in [-0.3, -0.25) is 4.90 Å². The molecule has 1 N–H and O–H groups in total. The van der Waals surface area contributed by atoms with Gasteiger partial charge < -0.3 is 9.84 Å². The van der Waals surface area contributed by atoms with Gasteiger partial charge in [0.1, 0.15) is 18.0 Å². The van der Waals surface area contributed by atoms with Gasteiger partial charge in [-0.1, -0.05) is 11.6 Å². The van der Waals surface area contributed by atoms with Crippen molar-refractivity contribution in [3.63, 3.8) is 0 Å². The second-order valence-corrected chi connectivity index (χ2v) is 9.22. The highest BCUT2D eigenvalue weighted by Gasteiger charge is 2.38. The molecule has 1 aliphatic carbocycles. The minimum Gasteiger partial charge on any atom is -0.488 e. The van der Waals surface area contributed by atoms with E-state index in [-0.39, 0.29) is 12.1 Å². The summed E-state index contributed by atoms with van der Waals surface area (Å²) in [5.41, 5.74) is 0. The summed E-state index contributed by atoms with van der Waals surface area (Å²) in [5, 5.41) is 11.4. The van der Waals surface area contributed by atoms with Gasteiger partial charge in [0, 0.05) is 37.2 Å². The molecule has 0 unspecified atom stereocenters. The van der Waals surface area contributed by atoms with Crippen molar-refractivity contribution < 1.29 is 18.3 Å². The Hall–Kier alpha value is -0.860. The van der Waals surface area contributed by atoms with Crippen LogP contribution >= 0.6 is 11.6 Å². The van der Waals surface area contributed by atoms with Gasteiger partial charge in [-0.05, 0) is 43.5 Å². The molecule has 0 spiro atoms. The van der Waals surface area contributed by atoms with E-state index in [1.807, 2.05) is 12.1 Å². The van der Waals surface area contributed by atoms with Crippen LogP contribution in [0.2, 0.25) is 5.02 Å². The zero-order valence-corrected chi connectivity index (χ0v) is 15.9. The minimum absolute atomic E-state index is 0.00719. The standard InChI is InChI=1S/C17H25ClN2O4S/c1-25(22,23)20-11-9-19(10-12-20)15-3-2-4-16(17(15)21)24-14-7-5-13(18)6-8-14/h5-8,15-17,21H,2-4,9-12H2,1H3/t15-,16+,17+/m0/s1. The van der Waals surface area contributed by atoms with Crippen molar-refractivity contribution in [2.24, 2.45) is 0 Å². The fourth-order valence-electron chi connectivity index (χ4n) is 3.70. The van der Waals surface area contributed by atoms with Gasteiger partial charge in [-0.15, -0.1) is 0 Å². The number of hydrogen-bond acceptors (Lipinski definition) is 5. The summed E-state index contributed by atoms with van der Waals surface area (Å²) in [6.07, 6.45) is 3.09. The third-order valence-corrected chi connectivity index (χ3v) is 6.63. The summed E-state index contributed by atoms with van der Waals surface area (Å²) in [4.78, 5) is 2.20. The van der Waals surface area contributed by atoms with E-state index in [1.54, 1.807) is 12.1 Å². The minimum atomic E-state index is -3.14. The van der Waals surface area contributed by atoms with Crippen LogP contribution in [0.25, 0.3) is 0 Å². The van der Waals surface area contributed by atoms with Gasteiger partial charge in [-0.2, -0.15) is 4.31 Å². The van der Waals surface area contributed by atoms with E-state index in [9.17, 15) is 13.5 Å². The van der Waals surface area contributed by atoms with Gasteiger partial charge in [0.25, 0.3) is 0 Å². The summed E-state index contributed by atoms with van der Waals surface area (Å²) in [7, 11) is -3.14. The molecule has 0 bridgehead atoms. The quantitative estimate of drug-likeness (QED) is 0.848. The summed E-state index contributed by atoms with van der Waals surface area (Å²) in [6.45, 7) is 2.24. The molecular formula is C17H25ClN2O4S. The Bertz CT molecular complexity index is 674. The predicted octanol–water partition coefficient (Wildman–Crippen LogP) is 1.58. The van der Waals surface area contributed by atoms with Crippen molar-refractivity contribution in [2.45, 2.75) is 37.5 Å². The Kier molecular flexibility index (Phi) is 5.90. The van der Waals surface area contributed by atoms with Crippen LogP contribution in [0, 0.1) is 0 Å². The van der Waals surface area contributed by atoms with Gasteiger partial charge in [-0.25, -0.2) is 8.42 Å². The number of halogens is 1. The lowest BCUT2D eigenvalue weighted by molar-refractivity contribution is -0.0593. The third kappa shape index (κ3) is 4.65. The van der Waals surface area contributed by atoms with E-state index in [4.69, 9.17) is 16.3 Å². The number of nitrogens with zero attached hydrogens (tertiary/aromatic N) is 2. The average molecular weight is 389 g/mol. The first kappa shape index (κ1) is 18.9. The number of aliphatic hydroxyl groups excluding tert-OH is 1. The number of ether oxygens (including phenoxy) is 1. The van der Waals surface area contributed by atoms with Crippen molar-refractivity contribution in [2.75, 3.05) is 32.4 Å². The molecular weight excluding hydrogens is 364 g/mol. The maximum absolute atomic E-state index is 11.6. The Labute approximate surface area is 154 Å². The van der Waals surface area contributed by atoms with Crippen molar-refractivity contribution >= 4 is 21.6 Å². The normalized spacial score (nSPS) is 29.5. The Morgan fingerprint density at radius 2 is 1.76 bits per heavy atom. The fourth-order valence-corrected chi connectivity index (χ4v) is 4.65. The number of aliphatic hydroxyl groups is 1. The lowest BCUT2D eigenvalue weighted by Crippen LogP contribution is -2.58. The molecule has 2 fully saturated rings. The molecule has 3 rings (SSSR count). The van der Waals surface area contributed by atoms with Gasteiger partial charge >= 0.3 is 0 Å². The molecule has 1 saturated heterocycles. The fraction of sp³-hybridized carbons (Fsp3) is 0.647. The van der Waals surface area contributed by atoms with Crippen LogP contribution < -0.4 is 4.74 Å². The molecule has 8 heteroatoms. The molecule has 0 amide bonds. The average Bonchev–Trinajstić information content (AvgIpc) is 2.58. The Balaban J connectivity index is 1.60. The highest BCUT2D eigenvalue weighted by molar-refractivity contribution is 7.88. The second kappa shape index (κ2) is 7.80. The maximum atomic E-state index is 11.6. The van der Waals surface area contributed by atoms with E-state index in [2.05, 4.69) is 4.90 Å². The maximum Gasteiger partial charge on any atom is 0.211 e. The summed E-state index contributed by atoms with van der Waals surface area (Å²) in [6, 6.07) is 7.17. The summed E-state index contributed by atoms with van der Waals surface area (Å²) in [5.74, 6) is 0.705. The zero-order valence-electron chi connectivity index (χ0n) is 14.3. The van der Waals surface area contributed by atoms with E-state index >= 15 is 0 Å². The topological polar surface area (TPSA) is 70.1 Å². The third-order valence-electron chi connectivity index (χ3n) is 5.08. The second-order valence-electron chi connectivity index (χ2n) is 6.80. The number of benzene rings is 1. The predicted molar refractivity (Wildman–Crippen MR) is 97.5 cm³/mol. The summed E-state index contributed by atoms with van der Waals surface area (Å²) >= 11 is 5.89. The first-order valence-electron chi connectivity index (χ1n) is 8.64.